The summed E-state index contributed by atoms with van der Waals surface area (Å²) in [6, 6.07) is 10.1. The van der Waals surface area contributed by atoms with Crippen LogP contribution in [0.3, 0.4) is 0 Å². The minimum Gasteiger partial charge on any atom is -0.452 e. The molecule has 3 N–H and O–H groups in total. The van der Waals surface area contributed by atoms with E-state index in [1.807, 2.05) is 0 Å². The minimum absolute atomic E-state index is 0.0377. The lowest BCUT2D eigenvalue weighted by molar-refractivity contribution is -0.123. The molecule has 10 nitrogen and oxygen atoms in total. The van der Waals surface area contributed by atoms with Crippen molar-refractivity contribution in [2.45, 2.75) is 24.5 Å². The molecule has 152 valence electrons. The molecule has 29 heavy (non-hydrogen) atoms. The zero-order valence-electron chi connectivity index (χ0n) is 15.3. The van der Waals surface area contributed by atoms with E-state index in [-0.39, 0.29) is 10.7 Å². The Morgan fingerprint density at radius 2 is 1.97 bits per heavy atom. The summed E-state index contributed by atoms with van der Waals surface area (Å²) in [5, 5.41) is 11.6. The summed E-state index contributed by atoms with van der Waals surface area (Å²) in [5.41, 5.74) is 0.324. The second-order valence-corrected chi connectivity index (χ2v) is 7.64. The first-order valence-corrected chi connectivity index (χ1v) is 9.98. The van der Waals surface area contributed by atoms with Gasteiger partial charge in [-0.2, -0.15) is 5.10 Å². The number of furan rings is 1. The van der Waals surface area contributed by atoms with Gasteiger partial charge in [0.05, 0.1) is 11.4 Å². The SMILES string of the molecule is CC(OC(=O)c1ccc(Cn2cccn2)o1)C(=O)Nc1ccc(S(N)(=O)=O)cc1. The van der Waals surface area contributed by atoms with Crippen molar-refractivity contribution >= 4 is 27.6 Å². The molecule has 0 aliphatic rings. The van der Waals surface area contributed by atoms with Gasteiger partial charge in [-0.15, -0.1) is 0 Å². The highest BCUT2D eigenvalue weighted by atomic mass is 32.2. The summed E-state index contributed by atoms with van der Waals surface area (Å²) in [6.45, 7) is 1.75. The van der Waals surface area contributed by atoms with Crippen LogP contribution in [0.2, 0.25) is 0 Å². The van der Waals surface area contributed by atoms with Crippen LogP contribution < -0.4 is 10.5 Å². The first kappa shape index (κ1) is 20.3. The molecule has 0 spiro atoms. The summed E-state index contributed by atoms with van der Waals surface area (Å²) in [7, 11) is -3.82. The van der Waals surface area contributed by atoms with Gasteiger partial charge in [-0.05, 0) is 49.4 Å². The fourth-order valence-corrected chi connectivity index (χ4v) is 2.89. The van der Waals surface area contributed by atoms with E-state index in [9.17, 15) is 18.0 Å². The van der Waals surface area contributed by atoms with E-state index in [1.165, 1.54) is 37.3 Å². The third-order valence-corrected chi connectivity index (χ3v) is 4.77. The summed E-state index contributed by atoms with van der Waals surface area (Å²) in [5.74, 6) is -0.911. The number of hydrogen-bond donors (Lipinski definition) is 2. The smallest absolute Gasteiger partial charge is 0.375 e. The molecule has 0 radical (unpaired) electrons. The number of nitrogens with one attached hydrogen (secondary N) is 1. The summed E-state index contributed by atoms with van der Waals surface area (Å²) < 4.78 is 34.7. The maximum Gasteiger partial charge on any atom is 0.375 e. The van der Waals surface area contributed by atoms with Crippen molar-refractivity contribution in [2.75, 3.05) is 5.32 Å². The average molecular weight is 418 g/mol. The Balaban J connectivity index is 1.56. The molecule has 3 rings (SSSR count). The molecule has 1 amide bonds. The Bertz CT molecular complexity index is 1100. The number of carbonyl (C=O) groups is 2. The van der Waals surface area contributed by atoms with Gasteiger partial charge >= 0.3 is 5.97 Å². The number of nitrogens with zero attached hydrogens (tertiary/aromatic N) is 2. The molecular formula is C18H18N4O6S. The van der Waals surface area contributed by atoms with Gasteiger partial charge in [0.1, 0.15) is 5.76 Å². The predicted molar refractivity (Wildman–Crippen MR) is 101 cm³/mol. The van der Waals surface area contributed by atoms with Crippen LogP contribution in [-0.4, -0.2) is 36.2 Å². The number of amides is 1. The lowest BCUT2D eigenvalue weighted by atomic mass is 10.3. The molecule has 11 heteroatoms. The first-order valence-electron chi connectivity index (χ1n) is 8.43. The van der Waals surface area contributed by atoms with E-state index >= 15 is 0 Å². The molecule has 0 bridgehead atoms. The van der Waals surface area contributed by atoms with Crippen LogP contribution in [0.4, 0.5) is 5.69 Å². The van der Waals surface area contributed by atoms with Crippen molar-refractivity contribution in [3.05, 3.63) is 66.4 Å². The van der Waals surface area contributed by atoms with E-state index < -0.39 is 28.0 Å². The van der Waals surface area contributed by atoms with E-state index in [4.69, 9.17) is 14.3 Å². The zero-order chi connectivity index (χ0) is 21.0. The van der Waals surface area contributed by atoms with Crippen molar-refractivity contribution < 1.29 is 27.2 Å². The molecule has 0 saturated heterocycles. The number of rotatable bonds is 7. The number of esters is 1. The van der Waals surface area contributed by atoms with E-state index in [0.29, 0.717) is 18.0 Å². The number of sulfonamides is 1. The highest BCUT2D eigenvalue weighted by molar-refractivity contribution is 7.89. The second kappa shape index (κ2) is 8.29. The average Bonchev–Trinajstić information content (AvgIpc) is 3.34. The van der Waals surface area contributed by atoms with Crippen molar-refractivity contribution in [2.24, 2.45) is 5.14 Å². The van der Waals surface area contributed by atoms with Crippen molar-refractivity contribution in [1.29, 1.82) is 0 Å². The fraction of sp³-hybridized carbons (Fsp3) is 0.167. The largest absolute Gasteiger partial charge is 0.452 e. The number of nitrogens with two attached hydrogens (primary N) is 1. The number of aromatic nitrogens is 2. The van der Waals surface area contributed by atoms with Gasteiger partial charge in [0.25, 0.3) is 5.91 Å². The molecular weight excluding hydrogens is 400 g/mol. The van der Waals surface area contributed by atoms with E-state index in [1.54, 1.807) is 29.2 Å². The molecule has 0 aliphatic carbocycles. The van der Waals surface area contributed by atoms with Crippen LogP contribution in [0.25, 0.3) is 0 Å². The number of anilines is 1. The van der Waals surface area contributed by atoms with Crippen molar-refractivity contribution in [3.63, 3.8) is 0 Å². The third kappa shape index (κ3) is 5.30. The van der Waals surface area contributed by atoms with E-state index in [2.05, 4.69) is 10.4 Å². The Morgan fingerprint density at radius 1 is 1.24 bits per heavy atom. The number of primary sulfonamides is 1. The highest BCUT2D eigenvalue weighted by Crippen LogP contribution is 2.15. The Labute approximate surface area is 166 Å². The van der Waals surface area contributed by atoms with E-state index in [0.717, 1.165) is 0 Å². The molecule has 1 unspecified atom stereocenters. The van der Waals surface area contributed by atoms with Gasteiger partial charge in [0.2, 0.25) is 15.8 Å². The lowest BCUT2D eigenvalue weighted by Gasteiger charge is -2.13. The molecule has 0 saturated carbocycles. The fourth-order valence-electron chi connectivity index (χ4n) is 2.37. The van der Waals surface area contributed by atoms with Crippen LogP contribution in [0.5, 0.6) is 0 Å². The molecule has 0 fully saturated rings. The molecule has 0 aliphatic heterocycles. The van der Waals surface area contributed by atoms with Crippen molar-refractivity contribution in [1.82, 2.24) is 9.78 Å². The topological polar surface area (TPSA) is 147 Å². The Hall–Kier alpha value is -3.44. The van der Waals surface area contributed by atoms with Crippen LogP contribution in [0.15, 0.2) is 64.2 Å². The Kier molecular flexibility index (Phi) is 5.80. The van der Waals surface area contributed by atoms with Gasteiger partial charge in [-0.3, -0.25) is 9.48 Å². The maximum atomic E-state index is 12.2. The number of hydrogen-bond acceptors (Lipinski definition) is 7. The van der Waals surface area contributed by atoms with Crippen LogP contribution in [0, 0.1) is 0 Å². The molecule has 2 aromatic heterocycles. The Morgan fingerprint density at radius 3 is 2.59 bits per heavy atom. The van der Waals surface area contributed by atoms with Gasteiger partial charge in [-0.25, -0.2) is 18.4 Å². The monoisotopic (exact) mass is 418 g/mol. The lowest BCUT2D eigenvalue weighted by Crippen LogP contribution is -2.29. The molecule has 1 atom stereocenters. The number of benzene rings is 1. The van der Waals surface area contributed by atoms with Crippen LogP contribution in [0.1, 0.15) is 23.2 Å². The number of carbonyl (C=O) groups excluding carboxylic acids is 2. The highest BCUT2D eigenvalue weighted by Gasteiger charge is 2.21. The molecule has 2 heterocycles. The normalized spacial score (nSPS) is 12.3. The maximum absolute atomic E-state index is 12.2. The molecule has 1 aromatic carbocycles. The third-order valence-electron chi connectivity index (χ3n) is 3.84. The quantitative estimate of drug-likeness (QED) is 0.551. The number of ether oxygens (including phenoxy) is 1. The van der Waals surface area contributed by atoms with Gasteiger partial charge in [0, 0.05) is 18.1 Å². The summed E-state index contributed by atoms with van der Waals surface area (Å²) in [6.07, 6.45) is 2.27. The van der Waals surface area contributed by atoms with Gasteiger partial charge in [-0.1, -0.05) is 0 Å². The van der Waals surface area contributed by atoms with Crippen LogP contribution in [-0.2, 0) is 26.1 Å². The van der Waals surface area contributed by atoms with Crippen LogP contribution >= 0.6 is 0 Å². The van der Waals surface area contributed by atoms with Crippen molar-refractivity contribution in [3.8, 4) is 0 Å². The second-order valence-electron chi connectivity index (χ2n) is 6.08. The minimum atomic E-state index is -3.82. The zero-order valence-corrected chi connectivity index (χ0v) is 16.1. The van der Waals surface area contributed by atoms with Gasteiger partial charge < -0.3 is 14.5 Å². The van der Waals surface area contributed by atoms with Gasteiger partial charge in [0.15, 0.2) is 6.10 Å². The standard InChI is InChI=1S/C18H18N4O6S/c1-12(17(23)21-13-3-6-15(7-4-13)29(19,25)26)27-18(24)16-8-5-14(28-16)11-22-10-2-9-20-22/h2-10,12H,11H2,1H3,(H,21,23)(H2,19,25,26). The predicted octanol–water partition coefficient (Wildman–Crippen LogP) is 1.36. The summed E-state index contributed by atoms with van der Waals surface area (Å²) in [4.78, 5) is 24.3. The summed E-state index contributed by atoms with van der Waals surface area (Å²) >= 11 is 0. The molecule has 3 aromatic rings. The first-order chi connectivity index (χ1) is 13.7.